The number of hydrogen-bond acceptors (Lipinski definition) is 5. The number of ether oxygens (including phenoxy) is 1. The minimum absolute atomic E-state index is 0.00323. The van der Waals surface area contributed by atoms with E-state index in [2.05, 4.69) is 20.7 Å². The summed E-state index contributed by atoms with van der Waals surface area (Å²) in [5.41, 5.74) is 1.76. The number of carbonyl (C=O) groups is 1. The molecular weight excluding hydrogens is 342 g/mol. The van der Waals surface area contributed by atoms with E-state index < -0.39 is 0 Å². The summed E-state index contributed by atoms with van der Waals surface area (Å²) in [4.78, 5) is 13.3. The van der Waals surface area contributed by atoms with Gasteiger partial charge in [0.1, 0.15) is 12.3 Å². The van der Waals surface area contributed by atoms with Crippen molar-refractivity contribution in [1.82, 2.24) is 25.5 Å². The molecule has 128 valence electrons. The zero-order chi connectivity index (χ0) is 17.6. The lowest BCUT2D eigenvalue weighted by molar-refractivity contribution is -0.122. The van der Waals surface area contributed by atoms with Gasteiger partial charge in [-0.05, 0) is 47.2 Å². The third kappa shape index (κ3) is 4.54. The van der Waals surface area contributed by atoms with Gasteiger partial charge in [0.15, 0.2) is 0 Å². The lowest BCUT2D eigenvalue weighted by Crippen LogP contribution is -2.28. The molecule has 25 heavy (non-hydrogen) atoms. The van der Waals surface area contributed by atoms with E-state index in [1.54, 1.807) is 31.4 Å². The first-order valence-corrected chi connectivity index (χ1v) is 7.95. The van der Waals surface area contributed by atoms with Crippen molar-refractivity contribution in [2.75, 3.05) is 7.11 Å². The smallest absolute Gasteiger partial charge is 0.243 e. The van der Waals surface area contributed by atoms with Gasteiger partial charge in [-0.3, -0.25) is 4.79 Å². The quantitative estimate of drug-likeness (QED) is 0.732. The van der Waals surface area contributed by atoms with Crippen LogP contribution in [0.15, 0.2) is 48.5 Å². The minimum atomic E-state index is -0.198. The molecule has 1 aromatic heterocycles. The Morgan fingerprint density at radius 3 is 2.56 bits per heavy atom. The summed E-state index contributed by atoms with van der Waals surface area (Å²) in [5.74, 6) is 1.02. The SMILES string of the molecule is COc1ccc(CNC(=O)Cn2nnc(-c3ccc(Cl)cc3)n2)cc1. The molecule has 3 aromatic rings. The van der Waals surface area contributed by atoms with Crippen LogP contribution in [-0.4, -0.2) is 33.2 Å². The molecule has 8 heteroatoms. The topological polar surface area (TPSA) is 81.9 Å². The second-order valence-electron chi connectivity index (χ2n) is 5.28. The Morgan fingerprint density at radius 2 is 1.88 bits per heavy atom. The Kier molecular flexibility index (Phi) is 5.25. The van der Waals surface area contributed by atoms with Gasteiger partial charge in [0.25, 0.3) is 0 Å². The standard InChI is InChI=1S/C17H16ClN5O2/c1-25-15-8-2-12(3-9-15)10-19-16(24)11-23-21-17(20-22-23)13-4-6-14(18)7-5-13/h2-9H,10-11H2,1H3,(H,19,24). The second-order valence-corrected chi connectivity index (χ2v) is 5.71. The molecular formula is C17H16ClN5O2. The fourth-order valence-electron chi connectivity index (χ4n) is 2.15. The Bertz CT molecular complexity index is 846. The number of aromatic nitrogens is 4. The fourth-order valence-corrected chi connectivity index (χ4v) is 2.28. The van der Waals surface area contributed by atoms with Gasteiger partial charge in [0, 0.05) is 17.1 Å². The number of benzene rings is 2. The van der Waals surface area contributed by atoms with E-state index in [-0.39, 0.29) is 12.5 Å². The third-order valence-electron chi connectivity index (χ3n) is 3.49. The molecule has 0 saturated heterocycles. The van der Waals surface area contributed by atoms with Gasteiger partial charge in [0.05, 0.1) is 7.11 Å². The van der Waals surface area contributed by atoms with Crippen LogP contribution in [0.4, 0.5) is 0 Å². The summed E-state index contributed by atoms with van der Waals surface area (Å²) in [6.45, 7) is 0.415. The van der Waals surface area contributed by atoms with E-state index in [0.29, 0.717) is 17.4 Å². The summed E-state index contributed by atoms with van der Waals surface area (Å²) in [6.07, 6.45) is 0. The Hall–Kier alpha value is -2.93. The van der Waals surface area contributed by atoms with Crippen molar-refractivity contribution in [3.63, 3.8) is 0 Å². The summed E-state index contributed by atoms with van der Waals surface area (Å²) in [7, 11) is 1.61. The van der Waals surface area contributed by atoms with Gasteiger partial charge in [-0.1, -0.05) is 23.7 Å². The fraction of sp³-hybridized carbons (Fsp3) is 0.176. The zero-order valence-electron chi connectivity index (χ0n) is 13.5. The first-order chi connectivity index (χ1) is 12.1. The van der Waals surface area contributed by atoms with E-state index in [1.807, 2.05) is 24.3 Å². The normalized spacial score (nSPS) is 10.5. The molecule has 1 heterocycles. The van der Waals surface area contributed by atoms with Crippen molar-refractivity contribution >= 4 is 17.5 Å². The van der Waals surface area contributed by atoms with Crippen molar-refractivity contribution in [3.8, 4) is 17.1 Å². The number of nitrogens with zero attached hydrogens (tertiary/aromatic N) is 4. The summed E-state index contributed by atoms with van der Waals surface area (Å²) >= 11 is 5.85. The van der Waals surface area contributed by atoms with Gasteiger partial charge in [-0.25, -0.2) is 0 Å². The van der Waals surface area contributed by atoms with E-state index in [9.17, 15) is 4.79 Å². The van der Waals surface area contributed by atoms with Crippen LogP contribution in [0, 0.1) is 0 Å². The van der Waals surface area contributed by atoms with Gasteiger partial charge in [-0.15, -0.1) is 10.2 Å². The summed E-state index contributed by atoms with van der Waals surface area (Å²) in [6, 6.07) is 14.6. The van der Waals surface area contributed by atoms with Crippen LogP contribution in [0.2, 0.25) is 5.02 Å². The molecule has 0 aliphatic rings. The number of methoxy groups -OCH3 is 1. The van der Waals surface area contributed by atoms with Crippen LogP contribution in [0.25, 0.3) is 11.4 Å². The summed E-state index contributed by atoms with van der Waals surface area (Å²) in [5, 5.41) is 15.5. The molecule has 0 bridgehead atoms. The molecule has 0 aliphatic carbocycles. The first kappa shape index (κ1) is 16.9. The van der Waals surface area contributed by atoms with E-state index in [1.165, 1.54) is 4.80 Å². The number of hydrogen-bond donors (Lipinski definition) is 1. The molecule has 2 aromatic carbocycles. The Balaban J connectivity index is 1.55. The highest BCUT2D eigenvalue weighted by Gasteiger charge is 2.09. The lowest BCUT2D eigenvalue weighted by Gasteiger charge is -2.05. The van der Waals surface area contributed by atoms with Crippen LogP contribution in [0.5, 0.6) is 5.75 Å². The second kappa shape index (κ2) is 7.76. The Labute approximate surface area is 149 Å². The molecule has 0 aliphatic heterocycles. The molecule has 7 nitrogen and oxygen atoms in total. The van der Waals surface area contributed by atoms with Gasteiger partial charge < -0.3 is 10.1 Å². The van der Waals surface area contributed by atoms with Crippen LogP contribution in [0.1, 0.15) is 5.56 Å². The zero-order valence-corrected chi connectivity index (χ0v) is 14.3. The maximum absolute atomic E-state index is 12.0. The van der Waals surface area contributed by atoms with Crippen LogP contribution >= 0.6 is 11.6 Å². The number of amides is 1. The monoisotopic (exact) mass is 357 g/mol. The highest BCUT2D eigenvalue weighted by atomic mass is 35.5. The maximum Gasteiger partial charge on any atom is 0.243 e. The molecule has 0 spiro atoms. The summed E-state index contributed by atoms with van der Waals surface area (Å²) < 4.78 is 5.10. The molecule has 3 rings (SSSR count). The molecule has 0 radical (unpaired) electrons. The molecule has 1 N–H and O–H groups in total. The van der Waals surface area contributed by atoms with Crippen LogP contribution in [-0.2, 0) is 17.9 Å². The number of nitrogens with one attached hydrogen (secondary N) is 1. The molecule has 0 saturated carbocycles. The predicted molar refractivity (Wildman–Crippen MR) is 93.1 cm³/mol. The molecule has 0 atom stereocenters. The van der Waals surface area contributed by atoms with E-state index in [4.69, 9.17) is 16.3 Å². The molecule has 0 unspecified atom stereocenters. The minimum Gasteiger partial charge on any atom is -0.497 e. The van der Waals surface area contributed by atoms with Crippen LogP contribution in [0.3, 0.4) is 0 Å². The van der Waals surface area contributed by atoms with Crippen molar-refractivity contribution in [3.05, 3.63) is 59.1 Å². The average molecular weight is 358 g/mol. The van der Waals surface area contributed by atoms with Crippen molar-refractivity contribution in [2.45, 2.75) is 13.1 Å². The number of rotatable bonds is 6. The van der Waals surface area contributed by atoms with Crippen molar-refractivity contribution in [2.24, 2.45) is 0 Å². The van der Waals surface area contributed by atoms with Gasteiger partial charge in [0.2, 0.25) is 11.7 Å². The van der Waals surface area contributed by atoms with Crippen molar-refractivity contribution in [1.29, 1.82) is 0 Å². The van der Waals surface area contributed by atoms with Crippen LogP contribution < -0.4 is 10.1 Å². The average Bonchev–Trinajstić information content (AvgIpc) is 3.09. The largest absolute Gasteiger partial charge is 0.497 e. The maximum atomic E-state index is 12.0. The van der Waals surface area contributed by atoms with Gasteiger partial charge >= 0.3 is 0 Å². The van der Waals surface area contributed by atoms with E-state index >= 15 is 0 Å². The number of halogens is 1. The highest BCUT2D eigenvalue weighted by molar-refractivity contribution is 6.30. The molecule has 0 fully saturated rings. The first-order valence-electron chi connectivity index (χ1n) is 7.57. The Morgan fingerprint density at radius 1 is 1.16 bits per heavy atom. The lowest BCUT2D eigenvalue weighted by atomic mass is 10.2. The predicted octanol–water partition coefficient (Wildman–Crippen LogP) is 2.32. The van der Waals surface area contributed by atoms with E-state index in [0.717, 1.165) is 16.9 Å². The number of tetrazole rings is 1. The third-order valence-corrected chi connectivity index (χ3v) is 3.74. The van der Waals surface area contributed by atoms with Crippen molar-refractivity contribution < 1.29 is 9.53 Å². The molecule has 1 amide bonds. The van der Waals surface area contributed by atoms with Gasteiger partial charge in [-0.2, -0.15) is 4.80 Å². The highest BCUT2D eigenvalue weighted by Crippen LogP contribution is 2.16. The number of carbonyl (C=O) groups excluding carboxylic acids is 1.